The Morgan fingerprint density at radius 1 is 1.31 bits per heavy atom. The molecule has 0 spiro atoms. The van der Waals surface area contributed by atoms with Crippen LogP contribution in [0, 0.1) is 0 Å². The van der Waals surface area contributed by atoms with Crippen LogP contribution in [-0.4, -0.2) is 21.9 Å². The summed E-state index contributed by atoms with van der Waals surface area (Å²) in [6.45, 7) is 0. The number of benzene rings is 1. The molecule has 0 atom stereocenters. The Morgan fingerprint density at radius 2 is 2.06 bits per heavy atom. The summed E-state index contributed by atoms with van der Waals surface area (Å²) in [4.78, 5) is 4.15. The first-order chi connectivity index (χ1) is 7.79. The lowest BCUT2D eigenvalue weighted by atomic mass is 10.2. The van der Waals surface area contributed by atoms with Gasteiger partial charge in [-0.25, -0.2) is 9.67 Å². The van der Waals surface area contributed by atoms with E-state index in [0.717, 1.165) is 16.7 Å². The SMILES string of the molecule is COc1ccc(CSc2ncnn2C)cc1. The average Bonchev–Trinajstić information content (AvgIpc) is 2.73. The minimum Gasteiger partial charge on any atom is -0.497 e. The number of thioether (sulfide) groups is 1. The molecule has 0 saturated heterocycles. The topological polar surface area (TPSA) is 39.9 Å². The second kappa shape index (κ2) is 5.03. The van der Waals surface area contributed by atoms with Gasteiger partial charge in [0.1, 0.15) is 12.1 Å². The zero-order valence-electron chi connectivity index (χ0n) is 9.25. The molecule has 0 saturated carbocycles. The largest absolute Gasteiger partial charge is 0.497 e. The third-order valence-electron chi connectivity index (χ3n) is 2.20. The van der Waals surface area contributed by atoms with Crippen LogP contribution in [0.25, 0.3) is 0 Å². The molecule has 0 unspecified atom stereocenters. The number of aryl methyl sites for hydroxylation is 1. The Bertz CT molecular complexity index is 453. The van der Waals surface area contributed by atoms with E-state index in [2.05, 4.69) is 22.2 Å². The average molecular weight is 235 g/mol. The van der Waals surface area contributed by atoms with Crippen LogP contribution in [0.15, 0.2) is 35.7 Å². The van der Waals surface area contributed by atoms with Crippen molar-refractivity contribution in [2.75, 3.05) is 7.11 Å². The van der Waals surface area contributed by atoms with E-state index in [9.17, 15) is 0 Å². The van der Waals surface area contributed by atoms with Gasteiger partial charge in [0.25, 0.3) is 0 Å². The van der Waals surface area contributed by atoms with Gasteiger partial charge in [0, 0.05) is 12.8 Å². The van der Waals surface area contributed by atoms with E-state index >= 15 is 0 Å². The van der Waals surface area contributed by atoms with Gasteiger partial charge in [0.2, 0.25) is 0 Å². The van der Waals surface area contributed by atoms with Crippen LogP contribution in [-0.2, 0) is 12.8 Å². The monoisotopic (exact) mass is 235 g/mol. The van der Waals surface area contributed by atoms with Gasteiger partial charge in [-0.05, 0) is 17.7 Å². The fourth-order valence-electron chi connectivity index (χ4n) is 1.29. The van der Waals surface area contributed by atoms with Gasteiger partial charge in [0.05, 0.1) is 7.11 Å². The number of hydrogen-bond acceptors (Lipinski definition) is 4. The van der Waals surface area contributed by atoms with Crippen molar-refractivity contribution < 1.29 is 4.74 Å². The van der Waals surface area contributed by atoms with E-state index in [1.807, 2.05) is 19.2 Å². The van der Waals surface area contributed by atoms with Gasteiger partial charge in [-0.15, -0.1) is 0 Å². The number of aromatic nitrogens is 3. The molecule has 1 heterocycles. The Morgan fingerprint density at radius 3 is 2.62 bits per heavy atom. The lowest BCUT2D eigenvalue weighted by molar-refractivity contribution is 0.414. The maximum Gasteiger partial charge on any atom is 0.186 e. The summed E-state index contributed by atoms with van der Waals surface area (Å²) in [6.07, 6.45) is 1.57. The molecule has 5 heteroatoms. The normalized spacial score (nSPS) is 10.4. The van der Waals surface area contributed by atoms with Crippen molar-refractivity contribution in [3.8, 4) is 5.75 Å². The van der Waals surface area contributed by atoms with Gasteiger partial charge in [-0.1, -0.05) is 23.9 Å². The zero-order chi connectivity index (χ0) is 11.4. The highest BCUT2D eigenvalue weighted by Crippen LogP contribution is 2.21. The molecule has 0 aliphatic rings. The Balaban J connectivity index is 1.97. The molecule has 0 fully saturated rings. The fraction of sp³-hybridized carbons (Fsp3) is 0.273. The number of nitrogens with zero attached hydrogens (tertiary/aromatic N) is 3. The fourth-order valence-corrected chi connectivity index (χ4v) is 2.13. The Kier molecular flexibility index (Phi) is 3.46. The van der Waals surface area contributed by atoms with Crippen molar-refractivity contribution in [2.45, 2.75) is 10.9 Å². The van der Waals surface area contributed by atoms with Gasteiger partial charge in [0.15, 0.2) is 5.16 Å². The first-order valence-corrected chi connectivity index (χ1v) is 5.88. The van der Waals surface area contributed by atoms with E-state index in [4.69, 9.17) is 4.74 Å². The van der Waals surface area contributed by atoms with E-state index in [-0.39, 0.29) is 0 Å². The molecule has 2 aromatic rings. The minimum atomic E-state index is 0.882. The van der Waals surface area contributed by atoms with Crippen molar-refractivity contribution in [1.29, 1.82) is 0 Å². The van der Waals surface area contributed by atoms with Gasteiger partial charge in [-0.2, -0.15) is 5.10 Å². The standard InChI is InChI=1S/C11H13N3OS/c1-14-11(12-8-13-14)16-7-9-3-5-10(15-2)6-4-9/h3-6,8H,7H2,1-2H3. The second-order valence-corrected chi connectivity index (χ2v) is 4.25. The predicted molar refractivity (Wildman–Crippen MR) is 63.6 cm³/mol. The molecule has 0 aliphatic carbocycles. The van der Waals surface area contributed by atoms with Crippen LogP contribution >= 0.6 is 11.8 Å². The number of hydrogen-bond donors (Lipinski definition) is 0. The third-order valence-corrected chi connectivity index (χ3v) is 3.30. The zero-order valence-corrected chi connectivity index (χ0v) is 10.1. The van der Waals surface area contributed by atoms with Gasteiger partial charge in [-0.3, -0.25) is 0 Å². The molecule has 1 aromatic carbocycles. The van der Waals surface area contributed by atoms with Crippen LogP contribution < -0.4 is 4.74 Å². The summed E-state index contributed by atoms with van der Waals surface area (Å²) in [5.41, 5.74) is 1.24. The van der Waals surface area contributed by atoms with E-state index in [0.29, 0.717) is 0 Å². The summed E-state index contributed by atoms with van der Waals surface area (Å²) in [7, 11) is 3.56. The first kappa shape index (κ1) is 11.0. The summed E-state index contributed by atoms with van der Waals surface area (Å²) in [6, 6.07) is 8.05. The quantitative estimate of drug-likeness (QED) is 0.761. The second-order valence-electron chi connectivity index (χ2n) is 3.30. The molecule has 2 rings (SSSR count). The molecule has 4 nitrogen and oxygen atoms in total. The van der Waals surface area contributed by atoms with E-state index in [1.165, 1.54) is 5.56 Å². The number of methoxy groups -OCH3 is 1. The highest BCUT2D eigenvalue weighted by molar-refractivity contribution is 7.98. The molecule has 0 radical (unpaired) electrons. The van der Waals surface area contributed by atoms with Crippen LogP contribution in [0.2, 0.25) is 0 Å². The third kappa shape index (κ3) is 2.55. The predicted octanol–water partition coefficient (Wildman–Crippen LogP) is 2.12. The molecule has 0 N–H and O–H groups in total. The van der Waals surface area contributed by atoms with Crippen molar-refractivity contribution >= 4 is 11.8 Å². The maximum absolute atomic E-state index is 5.11. The molecule has 16 heavy (non-hydrogen) atoms. The summed E-state index contributed by atoms with van der Waals surface area (Å²) < 4.78 is 6.88. The summed E-state index contributed by atoms with van der Waals surface area (Å²) in [5.74, 6) is 1.77. The summed E-state index contributed by atoms with van der Waals surface area (Å²) in [5, 5.41) is 4.95. The highest BCUT2D eigenvalue weighted by atomic mass is 32.2. The maximum atomic E-state index is 5.11. The van der Waals surface area contributed by atoms with Crippen molar-refractivity contribution in [3.63, 3.8) is 0 Å². The molecular weight excluding hydrogens is 222 g/mol. The van der Waals surface area contributed by atoms with Crippen molar-refractivity contribution in [1.82, 2.24) is 14.8 Å². The van der Waals surface area contributed by atoms with E-state index < -0.39 is 0 Å². The van der Waals surface area contributed by atoms with Crippen LogP contribution in [0.5, 0.6) is 5.75 Å². The minimum absolute atomic E-state index is 0.882. The molecule has 1 aromatic heterocycles. The van der Waals surface area contributed by atoms with Gasteiger partial charge >= 0.3 is 0 Å². The van der Waals surface area contributed by atoms with Crippen molar-refractivity contribution in [3.05, 3.63) is 36.2 Å². The van der Waals surface area contributed by atoms with E-state index in [1.54, 1.807) is 29.9 Å². The molecule has 0 aliphatic heterocycles. The summed E-state index contributed by atoms with van der Waals surface area (Å²) >= 11 is 1.67. The Hall–Kier alpha value is -1.49. The highest BCUT2D eigenvalue weighted by Gasteiger charge is 2.01. The van der Waals surface area contributed by atoms with Crippen LogP contribution in [0.3, 0.4) is 0 Å². The van der Waals surface area contributed by atoms with Gasteiger partial charge < -0.3 is 4.74 Å². The number of ether oxygens (including phenoxy) is 1. The van der Waals surface area contributed by atoms with Crippen LogP contribution in [0.1, 0.15) is 5.56 Å². The smallest absolute Gasteiger partial charge is 0.186 e. The molecule has 84 valence electrons. The van der Waals surface area contributed by atoms with Crippen molar-refractivity contribution in [2.24, 2.45) is 7.05 Å². The van der Waals surface area contributed by atoms with Crippen LogP contribution in [0.4, 0.5) is 0 Å². The lowest BCUT2D eigenvalue weighted by Crippen LogP contribution is -1.93. The molecule has 0 bridgehead atoms. The Labute approximate surface area is 98.6 Å². The molecule has 0 amide bonds. The number of rotatable bonds is 4. The lowest BCUT2D eigenvalue weighted by Gasteiger charge is -2.03. The first-order valence-electron chi connectivity index (χ1n) is 4.89. The molecular formula is C11H13N3OS.